The second-order valence-electron chi connectivity index (χ2n) is 6.76. The Kier molecular flexibility index (Phi) is 5.88. The number of esters is 1. The minimum absolute atomic E-state index is 0.0351. The molecule has 0 N–H and O–H groups in total. The highest BCUT2D eigenvalue weighted by atomic mass is 32.2. The second-order valence-corrected chi connectivity index (χ2v) is 10.6. The van der Waals surface area contributed by atoms with Crippen LogP contribution in [0.5, 0.6) is 5.75 Å². The highest BCUT2D eigenvalue weighted by Gasteiger charge is 2.38. The summed E-state index contributed by atoms with van der Waals surface area (Å²) in [5.41, 5.74) is -0.0451. The molecule has 0 atom stereocenters. The standard InChI is InChI=1S/C17H22N2O8S2/c1-26-14-4-3-13(19-16(20)7-10-28(19,22)23)11-15(14)29(24,25)18-8-5-12(6-9-18)17(21)27-2/h3-4,11-12H,5-10H2,1-2H3. The van der Waals surface area contributed by atoms with Crippen molar-refractivity contribution in [1.82, 2.24) is 4.31 Å². The highest BCUT2D eigenvalue weighted by molar-refractivity contribution is 7.94. The van der Waals surface area contributed by atoms with Crippen LogP contribution in [0, 0.1) is 5.92 Å². The summed E-state index contributed by atoms with van der Waals surface area (Å²) in [6.45, 7) is 0.215. The van der Waals surface area contributed by atoms with Gasteiger partial charge in [-0.25, -0.2) is 21.1 Å². The van der Waals surface area contributed by atoms with Crippen molar-refractivity contribution < 1.29 is 35.9 Å². The van der Waals surface area contributed by atoms with Gasteiger partial charge in [-0.1, -0.05) is 0 Å². The average Bonchev–Trinajstić information content (AvgIpc) is 2.99. The van der Waals surface area contributed by atoms with Gasteiger partial charge in [0.2, 0.25) is 26.0 Å². The summed E-state index contributed by atoms with van der Waals surface area (Å²) >= 11 is 0. The molecule has 0 radical (unpaired) electrons. The van der Waals surface area contributed by atoms with Gasteiger partial charge in [-0.2, -0.15) is 4.31 Å². The van der Waals surface area contributed by atoms with Crippen LogP contribution in [0.4, 0.5) is 5.69 Å². The number of carbonyl (C=O) groups excluding carboxylic acids is 2. The summed E-state index contributed by atoms with van der Waals surface area (Å²) in [6, 6.07) is 3.80. The summed E-state index contributed by atoms with van der Waals surface area (Å²) in [6.07, 6.45) is 0.470. The van der Waals surface area contributed by atoms with Crippen LogP contribution < -0.4 is 9.04 Å². The molecule has 1 amide bonds. The Morgan fingerprint density at radius 3 is 2.34 bits per heavy atom. The van der Waals surface area contributed by atoms with E-state index in [0.717, 1.165) is 6.07 Å². The van der Waals surface area contributed by atoms with Gasteiger partial charge in [0.1, 0.15) is 10.6 Å². The molecule has 2 saturated heterocycles. The Balaban J connectivity index is 1.95. The molecule has 1 aromatic rings. The molecule has 10 nitrogen and oxygen atoms in total. The average molecular weight is 447 g/mol. The third-order valence-electron chi connectivity index (χ3n) is 5.07. The lowest BCUT2D eigenvalue weighted by Crippen LogP contribution is -2.40. The predicted molar refractivity (Wildman–Crippen MR) is 102 cm³/mol. The fourth-order valence-electron chi connectivity index (χ4n) is 3.50. The fraction of sp³-hybridized carbons (Fsp3) is 0.529. The lowest BCUT2D eigenvalue weighted by Gasteiger charge is -2.30. The molecule has 2 fully saturated rings. The number of piperidine rings is 1. The van der Waals surface area contributed by atoms with Crippen molar-refractivity contribution in [3.05, 3.63) is 18.2 Å². The minimum atomic E-state index is -4.04. The van der Waals surface area contributed by atoms with Gasteiger partial charge in [0.25, 0.3) is 0 Å². The van der Waals surface area contributed by atoms with E-state index in [1.54, 1.807) is 0 Å². The number of methoxy groups -OCH3 is 2. The fourth-order valence-corrected chi connectivity index (χ4v) is 6.60. The minimum Gasteiger partial charge on any atom is -0.495 e. The molecule has 29 heavy (non-hydrogen) atoms. The van der Waals surface area contributed by atoms with Crippen LogP contribution in [0.25, 0.3) is 0 Å². The van der Waals surface area contributed by atoms with Gasteiger partial charge in [0.15, 0.2) is 0 Å². The lowest BCUT2D eigenvalue weighted by molar-refractivity contribution is -0.146. The number of hydrogen-bond acceptors (Lipinski definition) is 8. The van der Waals surface area contributed by atoms with Gasteiger partial charge in [0, 0.05) is 19.5 Å². The lowest BCUT2D eigenvalue weighted by atomic mass is 9.99. The van der Waals surface area contributed by atoms with E-state index < -0.39 is 26.0 Å². The Morgan fingerprint density at radius 1 is 1.17 bits per heavy atom. The molecular formula is C17H22N2O8S2. The zero-order valence-corrected chi connectivity index (χ0v) is 17.7. The van der Waals surface area contributed by atoms with Crippen LogP contribution in [0.3, 0.4) is 0 Å². The third-order valence-corrected chi connectivity index (χ3v) is 8.68. The molecule has 0 aromatic heterocycles. The molecule has 1 aromatic carbocycles. The molecule has 0 saturated carbocycles. The van der Waals surface area contributed by atoms with Crippen molar-refractivity contribution in [3.63, 3.8) is 0 Å². The van der Waals surface area contributed by atoms with Crippen LogP contribution in [0.2, 0.25) is 0 Å². The molecule has 2 aliphatic rings. The summed E-state index contributed by atoms with van der Waals surface area (Å²) in [7, 11) is -5.29. The van der Waals surface area contributed by atoms with Gasteiger partial charge < -0.3 is 9.47 Å². The quantitative estimate of drug-likeness (QED) is 0.592. The Morgan fingerprint density at radius 2 is 1.83 bits per heavy atom. The number of benzene rings is 1. The molecule has 12 heteroatoms. The van der Waals surface area contributed by atoms with Crippen molar-refractivity contribution in [1.29, 1.82) is 0 Å². The number of rotatable bonds is 5. The summed E-state index contributed by atoms with van der Waals surface area (Å²) in [5, 5.41) is 0. The maximum Gasteiger partial charge on any atom is 0.308 e. The van der Waals surface area contributed by atoms with Gasteiger partial charge in [-0.15, -0.1) is 0 Å². The number of hydrogen-bond donors (Lipinski definition) is 0. The van der Waals surface area contributed by atoms with Gasteiger partial charge >= 0.3 is 5.97 Å². The predicted octanol–water partition coefficient (Wildman–Crippen LogP) is 0.335. The Bertz CT molecular complexity index is 1030. The van der Waals surface area contributed by atoms with E-state index in [1.165, 1.54) is 30.7 Å². The number of nitrogens with zero attached hydrogens (tertiary/aromatic N) is 2. The first-order chi connectivity index (χ1) is 13.6. The van der Waals surface area contributed by atoms with Crippen molar-refractivity contribution in [2.45, 2.75) is 24.2 Å². The van der Waals surface area contributed by atoms with Crippen molar-refractivity contribution in [2.75, 3.05) is 37.4 Å². The summed E-state index contributed by atoms with van der Waals surface area (Å²) in [5.74, 6) is -1.64. The topological polar surface area (TPSA) is 127 Å². The SMILES string of the molecule is COC(=O)C1CCN(S(=O)(=O)c2cc(N3C(=O)CCS3(=O)=O)ccc2OC)CC1. The monoisotopic (exact) mass is 446 g/mol. The molecular weight excluding hydrogens is 424 g/mol. The second kappa shape index (κ2) is 7.92. The van der Waals surface area contributed by atoms with Gasteiger partial charge in [0.05, 0.1) is 31.6 Å². The number of sulfonamides is 2. The smallest absolute Gasteiger partial charge is 0.308 e. The van der Waals surface area contributed by atoms with Crippen LogP contribution >= 0.6 is 0 Å². The first-order valence-corrected chi connectivity index (χ1v) is 12.0. The normalized spacial score (nSPS) is 20.6. The number of anilines is 1. The number of ether oxygens (including phenoxy) is 2. The van der Waals surface area contributed by atoms with Gasteiger partial charge in [-0.05, 0) is 31.0 Å². The first-order valence-electron chi connectivity index (χ1n) is 8.93. The number of carbonyl (C=O) groups is 2. The molecule has 0 aliphatic carbocycles. The van der Waals surface area contributed by atoms with Crippen LogP contribution in [-0.2, 0) is 34.4 Å². The summed E-state index contributed by atoms with van der Waals surface area (Å²) < 4.78 is 62.5. The third kappa shape index (κ3) is 3.96. The zero-order chi connectivity index (χ0) is 21.4. The maximum absolute atomic E-state index is 13.2. The summed E-state index contributed by atoms with van der Waals surface area (Å²) in [4.78, 5) is 23.5. The van der Waals surface area contributed by atoms with Gasteiger partial charge in [-0.3, -0.25) is 9.59 Å². The molecule has 2 heterocycles. The van der Waals surface area contributed by atoms with E-state index in [0.29, 0.717) is 17.1 Å². The van der Waals surface area contributed by atoms with E-state index in [9.17, 15) is 26.4 Å². The largest absolute Gasteiger partial charge is 0.495 e. The molecule has 0 unspecified atom stereocenters. The van der Waals surface area contributed by atoms with Crippen molar-refractivity contribution >= 4 is 37.6 Å². The molecule has 0 bridgehead atoms. The Hall–Kier alpha value is -2.18. The molecule has 2 aliphatic heterocycles. The highest BCUT2D eigenvalue weighted by Crippen LogP contribution is 2.35. The molecule has 160 valence electrons. The van der Waals surface area contributed by atoms with Crippen LogP contribution in [0.15, 0.2) is 23.1 Å². The van der Waals surface area contributed by atoms with E-state index >= 15 is 0 Å². The Labute approximate surface area is 169 Å². The van der Waals surface area contributed by atoms with E-state index in [1.807, 2.05) is 0 Å². The maximum atomic E-state index is 13.2. The van der Waals surface area contributed by atoms with E-state index in [-0.39, 0.29) is 53.5 Å². The van der Waals surface area contributed by atoms with E-state index in [2.05, 4.69) is 0 Å². The van der Waals surface area contributed by atoms with Crippen molar-refractivity contribution in [3.8, 4) is 5.75 Å². The number of amides is 1. The molecule has 3 rings (SSSR count). The first kappa shape index (κ1) is 21.5. The zero-order valence-electron chi connectivity index (χ0n) is 16.0. The van der Waals surface area contributed by atoms with Crippen molar-refractivity contribution in [2.24, 2.45) is 5.92 Å². The van der Waals surface area contributed by atoms with Crippen LogP contribution in [0.1, 0.15) is 19.3 Å². The molecule has 0 spiro atoms. The van der Waals surface area contributed by atoms with Crippen LogP contribution in [-0.4, -0.2) is 66.1 Å². The van der Waals surface area contributed by atoms with E-state index in [4.69, 9.17) is 9.47 Å².